The minimum Gasteiger partial charge on any atom is -0.407 e. The molecular formula is C14H15N5O2. The molecule has 3 rings (SSSR count). The predicted molar refractivity (Wildman–Crippen MR) is 76.7 cm³/mol. The minimum atomic E-state index is -0.159. The first-order valence-electron chi connectivity index (χ1n) is 6.70. The van der Waals surface area contributed by atoms with Gasteiger partial charge in [0.2, 0.25) is 11.8 Å². The van der Waals surface area contributed by atoms with Crippen LogP contribution < -0.4 is 5.32 Å². The van der Waals surface area contributed by atoms with Crippen LogP contribution in [0.3, 0.4) is 0 Å². The summed E-state index contributed by atoms with van der Waals surface area (Å²) in [6, 6.07) is 8.01. The Hall–Kier alpha value is -2.70. The van der Waals surface area contributed by atoms with E-state index in [1.54, 1.807) is 6.92 Å². The van der Waals surface area contributed by atoms with Crippen LogP contribution in [0.2, 0.25) is 0 Å². The van der Waals surface area contributed by atoms with Crippen molar-refractivity contribution >= 4 is 23.0 Å². The number of aryl methyl sites for hydroxylation is 1. The van der Waals surface area contributed by atoms with Crippen molar-refractivity contribution in [2.24, 2.45) is 7.05 Å². The lowest BCUT2D eigenvalue weighted by molar-refractivity contribution is -0.116. The van der Waals surface area contributed by atoms with Gasteiger partial charge >= 0.3 is 6.01 Å². The van der Waals surface area contributed by atoms with E-state index in [1.165, 1.54) is 0 Å². The van der Waals surface area contributed by atoms with E-state index in [-0.39, 0.29) is 11.9 Å². The largest absolute Gasteiger partial charge is 0.407 e. The van der Waals surface area contributed by atoms with Gasteiger partial charge in [0.15, 0.2) is 0 Å². The van der Waals surface area contributed by atoms with Crippen molar-refractivity contribution in [1.29, 1.82) is 0 Å². The molecule has 0 radical (unpaired) electrons. The summed E-state index contributed by atoms with van der Waals surface area (Å²) in [4.78, 5) is 15.8. The summed E-state index contributed by atoms with van der Waals surface area (Å²) < 4.78 is 7.39. The Bertz CT molecular complexity index is 790. The summed E-state index contributed by atoms with van der Waals surface area (Å²) in [5, 5.41) is 10.3. The second-order valence-corrected chi connectivity index (χ2v) is 4.66. The zero-order valence-electron chi connectivity index (χ0n) is 11.8. The lowest BCUT2D eigenvalue weighted by Crippen LogP contribution is -2.09. The fourth-order valence-electron chi connectivity index (χ4n) is 2.07. The number of aromatic nitrogens is 4. The molecule has 2 heterocycles. The van der Waals surface area contributed by atoms with Gasteiger partial charge in [-0.05, 0) is 12.1 Å². The third-order valence-corrected chi connectivity index (χ3v) is 3.22. The van der Waals surface area contributed by atoms with Crippen molar-refractivity contribution < 1.29 is 9.21 Å². The predicted octanol–water partition coefficient (Wildman–Crippen LogP) is 1.90. The molecule has 0 spiro atoms. The van der Waals surface area contributed by atoms with Gasteiger partial charge < -0.3 is 8.98 Å². The van der Waals surface area contributed by atoms with E-state index >= 15 is 0 Å². The third kappa shape index (κ3) is 2.62. The molecule has 2 aromatic heterocycles. The summed E-state index contributed by atoms with van der Waals surface area (Å²) in [6.45, 7) is 1.76. The molecule has 0 saturated heterocycles. The highest BCUT2D eigenvalue weighted by Gasteiger charge is 2.13. The summed E-state index contributed by atoms with van der Waals surface area (Å²) in [5.41, 5.74) is 1.97. The molecular weight excluding hydrogens is 270 g/mol. The molecule has 0 aliphatic carbocycles. The van der Waals surface area contributed by atoms with Gasteiger partial charge in [-0.1, -0.05) is 24.2 Å². The standard InChI is InChI=1S/C14H15N5O2/c1-3-12(20)16-14-18-17-13(21-14)8-11-15-9-6-4-5-7-10(9)19(11)2/h4-7H,3,8H2,1-2H3,(H,16,18,20). The summed E-state index contributed by atoms with van der Waals surface area (Å²) in [7, 11) is 1.95. The van der Waals surface area contributed by atoms with Crippen LogP contribution in [0.1, 0.15) is 25.1 Å². The number of rotatable bonds is 4. The smallest absolute Gasteiger partial charge is 0.322 e. The highest BCUT2D eigenvalue weighted by atomic mass is 16.4. The van der Waals surface area contributed by atoms with E-state index in [4.69, 9.17) is 4.42 Å². The lowest BCUT2D eigenvalue weighted by Gasteiger charge is -1.99. The maximum absolute atomic E-state index is 11.3. The van der Waals surface area contributed by atoms with E-state index in [0.29, 0.717) is 18.7 Å². The first-order chi connectivity index (χ1) is 10.2. The Balaban J connectivity index is 1.82. The number of anilines is 1. The molecule has 21 heavy (non-hydrogen) atoms. The van der Waals surface area contributed by atoms with Crippen LogP contribution in [0.4, 0.5) is 6.01 Å². The third-order valence-electron chi connectivity index (χ3n) is 3.22. The Labute approximate surface area is 121 Å². The van der Waals surface area contributed by atoms with E-state index < -0.39 is 0 Å². The zero-order valence-corrected chi connectivity index (χ0v) is 11.8. The minimum absolute atomic E-state index is 0.121. The number of fused-ring (bicyclic) bond motifs is 1. The second-order valence-electron chi connectivity index (χ2n) is 4.66. The van der Waals surface area contributed by atoms with Crippen LogP contribution in [0.5, 0.6) is 0 Å². The molecule has 1 amide bonds. The number of hydrogen-bond acceptors (Lipinski definition) is 5. The SMILES string of the molecule is CCC(=O)Nc1nnc(Cc2nc3ccccc3n2C)o1. The number of carbonyl (C=O) groups is 1. The molecule has 1 aromatic carbocycles. The molecule has 7 heteroatoms. The van der Waals surface area contributed by atoms with Crippen molar-refractivity contribution in [3.05, 3.63) is 36.0 Å². The molecule has 0 fully saturated rings. The average Bonchev–Trinajstić information content (AvgIpc) is 3.05. The van der Waals surface area contributed by atoms with E-state index in [2.05, 4.69) is 20.5 Å². The lowest BCUT2D eigenvalue weighted by atomic mass is 10.3. The maximum atomic E-state index is 11.3. The number of hydrogen-bond donors (Lipinski definition) is 1. The topological polar surface area (TPSA) is 85.8 Å². The van der Waals surface area contributed by atoms with E-state index in [0.717, 1.165) is 16.9 Å². The van der Waals surface area contributed by atoms with Gasteiger partial charge in [-0.3, -0.25) is 10.1 Å². The van der Waals surface area contributed by atoms with Crippen molar-refractivity contribution in [3.63, 3.8) is 0 Å². The monoisotopic (exact) mass is 285 g/mol. The Morgan fingerprint density at radius 3 is 2.90 bits per heavy atom. The number of carbonyl (C=O) groups excluding carboxylic acids is 1. The van der Waals surface area contributed by atoms with Crippen LogP contribution >= 0.6 is 0 Å². The molecule has 7 nitrogen and oxygen atoms in total. The number of imidazole rings is 1. The molecule has 3 aromatic rings. The maximum Gasteiger partial charge on any atom is 0.322 e. The molecule has 1 N–H and O–H groups in total. The van der Waals surface area contributed by atoms with Gasteiger partial charge in [-0.15, -0.1) is 5.10 Å². The molecule has 0 aliphatic heterocycles. The molecule has 0 aliphatic rings. The van der Waals surface area contributed by atoms with Crippen molar-refractivity contribution in [2.75, 3.05) is 5.32 Å². The van der Waals surface area contributed by atoms with Crippen LogP contribution in [0.25, 0.3) is 11.0 Å². The van der Waals surface area contributed by atoms with Crippen molar-refractivity contribution in [2.45, 2.75) is 19.8 Å². The van der Waals surface area contributed by atoms with Gasteiger partial charge in [-0.2, -0.15) is 0 Å². The Morgan fingerprint density at radius 1 is 1.33 bits per heavy atom. The van der Waals surface area contributed by atoms with Gasteiger partial charge in [-0.25, -0.2) is 4.98 Å². The quantitative estimate of drug-likeness (QED) is 0.791. The normalized spacial score (nSPS) is 11.0. The van der Waals surface area contributed by atoms with Crippen LogP contribution in [-0.4, -0.2) is 25.7 Å². The fraction of sp³-hybridized carbons (Fsp3) is 0.286. The number of benzene rings is 1. The van der Waals surface area contributed by atoms with E-state index in [1.807, 2.05) is 35.9 Å². The molecule has 0 saturated carbocycles. The number of para-hydroxylation sites is 2. The Morgan fingerprint density at radius 2 is 2.14 bits per heavy atom. The van der Waals surface area contributed by atoms with Gasteiger partial charge in [0, 0.05) is 13.5 Å². The molecule has 108 valence electrons. The summed E-state index contributed by atoms with van der Waals surface area (Å²) >= 11 is 0. The first-order valence-corrected chi connectivity index (χ1v) is 6.70. The molecule has 0 unspecified atom stereocenters. The summed E-state index contributed by atoms with van der Waals surface area (Å²) in [5.74, 6) is 1.08. The van der Waals surface area contributed by atoms with Crippen LogP contribution in [-0.2, 0) is 18.3 Å². The number of nitrogens with one attached hydrogen (secondary N) is 1. The van der Waals surface area contributed by atoms with Crippen molar-refractivity contribution in [3.8, 4) is 0 Å². The Kier molecular flexibility index (Phi) is 3.39. The van der Waals surface area contributed by atoms with Gasteiger partial charge in [0.1, 0.15) is 5.82 Å². The summed E-state index contributed by atoms with van der Waals surface area (Å²) in [6.07, 6.45) is 0.780. The highest BCUT2D eigenvalue weighted by molar-refractivity contribution is 5.88. The van der Waals surface area contributed by atoms with Gasteiger partial charge in [0.05, 0.1) is 17.5 Å². The molecule has 0 atom stereocenters. The number of nitrogens with zero attached hydrogens (tertiary/aromatic N) is 4. The number of amides is 1. The van der Waals surface area contributed by atoms with Gasteiger partial charge in [0.25, 0.3) is 0 Å². The average molecular weight is 285 g/mol. The fourth-order valence-corrected chi connectivity index (χ4v) is 2.07. The van der Waals surface area contributed by atoms with Crippen molar-refractivity contribution in [1.82, 2.24) is 19.7 Å². The zero-order chi connectivity index (χ0) is 14.8. The molecule has 0 bridgehead atoms. The second kappa shape index (κ2) is 5.35. The van der Waals surface area contributed by atoms with E-state index in [9.17, 15) is 4.79 Å². The highest BCUT2D eigenvalue weighted by Crippen LogP contribution is 2.17. The van der Waals surface area contributed by atoms with Crippen LogP contribution in [0, 0.1) is 0 Å². The first kappa shape index (κ1) is 13.3. The van der Waals surface area contributed by atoms with Crippen LogP contribution in [0.15, 0.2) is 28.7 Å².